The highest BCUT2D eigenvalue weighted by Crippen LogP contribution is 2.18. The quantitative estimate of drug-likeness (QED) is 0.597. The topological polar surface area (TPSA) is 43.8 Å². The molecule has 2 rings (SSSR count). The number of thiazole rings is 1. The van der Waals surface area contributed by atoms with Crippen LogP contribution in [0.4, 0.5) is 0 Å². The fourth-order valence-corrected chi connectivity index (χ4v) is 3.55. The summed E-state index contributed by atoms with van der Waals surface area (Å²) in [4.78, 5) is 13.3. The Morgan fingerprint density at radius 1 is 1.23 bits per heavy atom. The van der Waals surface area contributed by atoms with Gasteiger partial charge in [-0.2, -0.15) is 0 Å². The number of benzene rings is 1. The Morgan fingerprint density at radius 2 is 1.92 bits per heavy atom. The lowest BCUT2D eigenvalue weighted by atomic mass is 10.0. The van der Waals surface area contributed by atoms with Gasteiger partial charge in [0, 0.05) is 26.0 Å². The van der Waals surface area contributed by atoms with Crippen molar-refractivity contribution in [3.05, 3.63) is 51.5 Å². The van der Waals surface area contributed by atoms with Crippen LogP contribution in [0, 0.1) is 6.92 Å². The summed E-state index contributed by atoms with van der Waals surface area (Å²) in [6.07, 6.45) is 1.07. The first-order valence-corrected chi connectivity index (χ1v) is 9.90. The summed E-state index contributed by atoms with van der Waals surface area (Å²) >= 11 is 1.68. The number of nitrogens with zero attached hydrogens (tertiary/aromatic N) is 4. The van der Waals surface area contributed by atoms with Crippen LogP contribution in [0.1, 0.15) is 34.8 Å². The molecule has 1 atom stereocenters. The third-order valence-electron chi connectivity index (χ3n) is 4.49. The van der Waals surface area contributed by atoms with Crippen molar-refractivity contribution in [1.29, 1.82) is 0 Å². The van der Waals surface area contributed by atoms with E-state index in [2.05, 4.69) is 75.8 Å². The molecule has 0 amide bonds. The van der Waals surface area contributed by atoms with Crippen molar-refractivity contribution in [2.24, 2.45) is 4.99 Å². The molecule has 0 spiro atoms. The molecule has 0 fully saturated rings. The van der Waals surface area contributed by atoms with Crippen LogP contribution in [0.3, 0.4) is 0 Å². The third kappa shape index (κ3) is 5.54. The highest BCUT2D eigenvalue weighted by molar-refractivity contribution is 7.09. The van der Waals surface area contributed by atoms with Gasteiger partial charge in [0.1, 0.15) is 0 Å². The molecular weight excluding hydrogens is 342 g/mol. The molecule has 0 aliphatic carbocycles. The van der Waals surface area contributed by atoms with Crippen LogP contribution < -0.4 is 5.32 Å². The number of hydrogen-bond donors (Lipinski definition) is 1. The van der Waals surface area contributed by atoms with E-state index in [1.54, 1.807) is 11.3 Å². The second kappa shape index (κ2) is 9.69. The molecule has 1 heterocycles. The Kier molecular flexibility index (Phi) is 7.60. The van der Waals surface area contributed by atoms with Crippen LogP contribution in [0.15, 0.2) is 34.6 Å². The van der Waals surface area contributed by atoms with E-state index in [0.29, 0.717) is 0 Å². The summed E-state index contributed by atoms with van der Waals surface area (Å²) in [5.74, 6) is 0.882. The molecule has 6 heteroatoms. The van der Waals surface area contributed by atoms with Gasteiger partial charge in [-0.3, -0.25) is 4.99 Å². The molecule has 0 bridgehead atoms. The average molecular weight is 374 g/mol. The van der Waals surface area contributed by atoms with Crippen LogP contribution in [0.5, 0.6) is 0 Å². The summed E-state index contributed by atoms with van der Waals surface area (Å²) in [5.41, 5.74) is 3.76. The van der Waals surface area contributed by atoms with Crippen molar-refractivity contribution >= 4 is 17.3 Å². The van der Waals surface area contributed by atoms with Crippen LogP contribution in [-0.2, 0) is 13.0 Å². The van der Waals surface area contributed by atoms with Crippen molar-refractivity contribution in [3.8, 4) is 0 Å². The van der Waals surface area contributed by atoms with Crippen molar-refractivity contribution < 1.29 is 0 Å². The van der Waals surface area contributed by atoms with Gasteiger partial charge in [0.2, 0.25) is 0 Å². The van der Waals surface area contributed by atoms with Gasteiger partial charge in [0.05, 0.1) is 23.3 Å². The van der Waals surface area contributed by atoms with Gasteiger partial charge in [-0.05, 0) is 38.6 Å². The first kappa shape index (κ1) is 20.4. The minimum Gasteiger partial charge on any atom is -0.354 e. The molecule has 1 aromatic heterocycles. The standard InChI is InChI=1S/C20H31N5S/c1-7-16-8-10-17(11-9-16)19(24(4)5)12-22-20(21-3)25(6)13-18-14-26-15(2)23-18/h8-11,14,19H,7,12-13H2,1-6H3,(H,21,22). The molecule has 1 aromatic carbocycles. The summed E-state index contributed by atoms with van der Waals surface area (Å²) < 4.78 is 0. The molecule has 0 saturated carbocycles. The lowest BCUT2D eigenvalue weighted by Gasteiger charge is -2.28. The van der Waals surface area contributed by atoms with E-state index >= 15 is 0 Å². The normalized spacial score (nSPS) is 13.1. The van der Waals surface area contributed by atoms with Gasteiger partial charge in [-0.15, -0.1) is 11.3 Å². The first-order valence-electron chi connectivity index (χ1n) is 9.02. The molecule has 0 saturated heterocycles. The summed E-state index contributed by atoms with van der Waals surface area (Å²) in [5, 5.41) is 6.72. The van der Waals surface area contributed by atoms with Crippen molar-refractivity contribution in [1.82, 2.24) is 20.1 Å². The lowest BCUT2D eigenvalue weighted by Crippen LogP contribution is -2.42. The van der Waals surface area contributed by atoms with E-state index in [1.807, 2.05) is 21.0 Å². The number of rotatable bonds is 7. The van der Waals surface area contributed by atoms with Gasteiger partial charge in [-0.25, -0.2) is 4.98 Å². The number of nitrogens with one attached hydrogen (secondary N) is 1. The second-order valence-corrected chi connectivity index (χ2v) is 7.78. The van der Waals surface area contributed by atoms with E-state index in [-0.39, 0.29) is 6.04 Å². The molecule has 0 radical (unpaired) electrons. The molecule has 2 aromatic rings. The molecule has 5 nitrogen and oxygen atoms in total. The van der Waals surface area contributed by atoms with E-state index in [0.717, 1.165) is 36.2 Å². The zero-order chi connectivity index (χ0) is 19.1. The van der Waals surface area contributed by atoms with Gasteiger partial charge >= 0.3 is 0 Å². The number of aryl methyl sites for hydroxylation is 2. The summed E-state index contributed by atoms with van der Waals surface area (Å²) in [6.45, 7) is 5.77. The zero-order valence-corrected chi connectivity index (χ0v) is 17.6. The minimum absolute atomic E-state index is 0.285. The monoisotopic (exact) mass is 373 g/mol. The van der Waals surface area contributed by atoms with Crippen LogP contribution in [0.25, 0.3) is 0 Å². The third-order valence-corrected chi connectivity index (χ3v) is 5.31. The van der Waals surface area contributed by atoms with Gasteiger partial charge < -0.3 is 15.1 Å². The first-order chi connectivity index (χ1) is 12.4. The number of aromatic nitrogens is 1. The second-order valence-electron chi connectivity index (χ2n) is 6.72. The van der Waals surface area contributed by atoms with Crippen LogP contribution in [0.2, 0.25) is 0 Å². The molecule has 1 unspecified atom stereocenters. The average Bonchev–Trinajstić information content (AvgIpc) is 3.03. The van der Waals surface area contributed by atoms with Crippen LogP contribution >= 0.6 is 11.3 Å². The minimum atomic E-state index is 0.285. The smallest absolute Gasteiger partial charge is 0.193 e. The molecular formula is C20H31N5S. The number of likely N-dealkylation sites (N-methyl/N-ethyl adjacent to an activating group) is 1. The Hall–Kier alpha value is -1.92. The Balaban J connectivity index is 2.01. The Bertz CT molecular complexity index is 705. The van der Waals surface area contributed by atoms with E-state index in [1.165, 1.54) is 11.1 Å². The Morgan fingerprint density at radius 3 is 2.42 bits per heavy atom. The largest absolute Gasteiger partial charge is 0.354 e. The molecule has 0 aliphatic heterocycles. The van der Waals surface area contributed by atoms with Gasteiger partial charge in [0.25, 0.3) is 0 Å². The Labute approximate surface area is 161 Å². The maximum atomic E-state index is 4.54. The zero-order valence-electron chi connectivity index (χ0n) is 16.8. The number of guanidine groups is 1. The van der Waals surface area contributed by atoms with E-state index in [4.69, 9.17) is 0 Å². The predicted octanol–water partition coefficient (Wildman–Crippen LogP) is 3.32. The molecule has 1 N–H and O–H groups in total. The van der Waals surface area contributed by atoms with Crippen LogP contribution in [-0.4, -0.2) is 55.5 Å². The summed E-state index contributed by atoms with van der Waals surface area (Å²) in [6, 6.07) is 9.19. The molecule has 26 heavy (non-hydrogen) atoms. The van der Waals surface area contributed by atoms with Crippen molar-refractivity contribution in [3.63, 3.8) is 0 Å². The van der Waals surface area contributed by atoms with E-state index in [9.17, 15) is 0 Å². The lowest BCUT2D eigenvalue weighted by molar-refractivity contribution is 0.295. The van der Waals surface area contributed by atoms with Crippen molar-refractivity contribution in [2.45, 2.75) is 32.9 Å². The SMILES string of the molecule is CCc1ccc(C(CNC(=NC)N(C)Cc2csc(C)n2)N(C)C)cc1. The molecule has 0 aliphatic rings. The summed E-state index contributed by atoms with van der Waals surface area (Å²) in [7, 11) is 8.10. The number of aliphatic imine (C=N–C) groups is 1. The number of hydrogen-bond acceptors (Lipinski definition) is 4. The van der Waals surface area contributed by atoms with Crippen molar-refractivity contribution in [2.75, 3.05) is 34.7 Å². The maximum Gasteiger partial charge on any atom is 0.193 e. The molecule has 142 valence electrons. The predicted molar refractivity (Wildman–Crippen MR) is 112 cm³/mol. The maximum absolute atomic E-state index is 4.54. The highest BCUT2D eigenvalue weighted by atomic mass is 32.1. The fraction of sp³-hybridized carbons (Fsp3) is 0.500. The highest BCUT2D eigenvalue weighted by Gasteiger charge is 2.16. The van der Waals surface area contributed by atoms with Gasteiger partial charge in [-0.1, -0.05) is 31.2 Å². The fourth-order valence-electron chi connectivity index (χ4n) is 2.95. The van der Waals surface area contributed by atoms with Gasteiger partial charge in [0.15, 0.2) is 5.96 Å². The van der Waals surface area contributed by atoms with E-state index < -0.39 is 0 Å².